The molecule has 20 heterocycles. The largest absolute Gasteiger partial charge is 0.521 e. The van der Waals surface area contributed by atoms with E-state index in [2.05, 4.69) is 181 Å². The van der Waals surface area contributed by atoms with E-state index < -0.39 is 22.2 Å². The van der Waals surface area contributed by atoms with Gasteiger partial charge in [-0.1, -0.05) is 125 Å². The maximum atomic E-state index is 11.9. The number of pyridine rings is 8. The molecule has 4 unspecified atom stereocenters. The molecule has 700 valence electrons. The van der Waals surface area contributed by atoms with E-state index in [4.69, 9.17) is 11.0 Å². The first-order chi connectivity index (χ1) is 67.2. The minimum Gasteiger partial charge on any atom is -0.521 e. The Morgan fingerprint density at radius 2 is 0.574 bits per heavy atom. The molecule has 4 radical (unpaired) electrons. The number of hydrogen-bond donors (Lipinski definition) is 12. The van der Waals surface area contributed by atoms with Gasteiger partial charge < -0.3 is 146 Å². The van der Waals surface area contributed by atoms with Crippen LogP contribution in [0.25, 0.3) is 0 Å². The number of anilines is 8. The van der Waals surface area contributed by atoms with Crippen molar-refractivity contribution in [2.24, 2.45) is 0 Å². The molecule has 12 N–H and O–H groups in total. The molecule has 8 aromatic rings. The van der Waals surface area contributed by atoms with Crippen molar-refractivity contribution in [2.45, 2.75) is 73.5 Å². The van der Waals surface area contributed by atoms with Gasteiger partial charge in [0.25, 0.3) is 23.6 Å². The Bertz CT molecular complexity index is 5810. The van der Waals surface area contributed by atoms with Crippen molar-refractivity contribution >= 4 is 93.8 Å². The summed E-state index contributed by atoms with van der Waals surface area (Å²) in [6.45, 7) is 38.5. The van der Waals surface area contributed by atoms with Crippen LogP contribution in [0.5, 0.6) is 0 Å². The second kappa shape index (κ2) is 52.1. The Hall–Kier alpha value is -11.6. The smallest absolute Gasteiger partial charge is 0.253 e. The number of carbonyl (C=O) groups excluding carboxylic acids is 8. The summed E-state index contributed by atoms with van der Waals surface area (Å²) in [6, 6.07) is 33.5. The summed E-state index contributed by atoms with van der Waals surface area (Å²) in [4.78, 5) is 143. The van der Waals surface area contributed by atoms with E-state index in [-0.39, 0.29) is 190 Å². The number of carbonyl (C=O) groups is 8. The van der Waals surface area contributed by atoms with Crippen LogP contribution in [-0.4, -0.2) is 214 Å². The van der Waals surface area contributed by atoms with Crippen molar-refractivity contribution in [1.29, 1.82) is 0 Å². The van der Waals surface area contributed by atoms with E-state index in [1.807, 2.05) is 57.4 Å². The summed E-state index contributed by atoms with van der Waals surface area (Å²) in [5.74, 6) is 10.5. The molecule has 8 aromatic heterocycles. The van der Waals surface area contributed by atoms with E-state index in [0.29, 0.717) is 175 Å². The minimum atomic E-state index is -0.610. The number of amides is 8. The van der Waals surface area contributed by atoms with Crippen LogP contribution >= 0.6 is 0 Å². The van der Waals surface area contributed by atoms with Crippen LogP contribution in [0, 0.1) is 48.5 Å². The molecule has 12 aliphatic heterocycles. The van der Waals surface area contributed by atoms with Gasteiger partial charge in [0.05, 0.1) is 60.4 Å². The summed E-state index contributed by atoms with van der Waals surface area (Å²) >= 11 is 0. The maximum Gasteiger partial charge on any atom is 0.253 e. The SMILES string of the molecule is [3H]c1ccc(N2CCC3(C2)NC(=C)NC3=O)nc1.[3H]c1ccc(N2CC[C-](C(=O)N[C-]=C)C2)nc1.[3H]c1cccc(N2CCC3(C2)NC(=C)NC3=O)n1.[3H]c1cccc(N2CC[C-](C(=O)N[C-]=C)C2)n1.[3H]c1cccnc1N1CCC2(C1)NC(=C)NC2=O.[3H]c1cccnc1N1CC[C-](C(=O)N[C-]=C)C1.[3H]c1ccnc(N2CCC3(C2)NC(=C)NC3=O)c1.[3H]c1ccnc(N2CC[C-](C(=O)N[C-]=C)C2)c1.[Y].[Y].[Y].[Y]. The number of hydrogen-bond acceptors (Lipinski definition) is 28. The first-order valence-corrected chi connectivity index (χ1v) is 42.4. The van der Waals surface area contributed by atoms with Gasteiger partial charge in [-0.2, -0.15) is 76.8 Å². The second-order valence-corrected chi connectivity index (χ2v) is 31.8. The molecule has 0 aromatic carbocycles. The van der Waals surface area contributed by atoms with Crippen molar-refractivity contribution in [3.05, 3.63) is 319 Å². The molecule has 0 bridgehead atoms. The fourth-order valence-electron chi connectivity index (χ4n) is 16.5. The van der Waals surface area contributed by atoms with Gasteiger partial charge in [0.15, 0.2) is 0 Å². The van der Waals surface area contributed by atoms with Crippen molar-refractivity contribution in [2.75, 3.05) is 144 Å². The van der Waals surface area contributed by atoms with Crippen LogP contribution in [0.2, 0.25) is 0 Å². The second-order valence-electron chi connectivity index (χ2n) is 31.8. The molecule has 20 rings (SSSR count). The Balaban J connectivity index is 0.000000183. The van der Waals surface area contributed by atoms with Crippen molar-refractivity contribution in [3.63, 3.8) is 0 Å². The third-order valence-corrected chi connectivity index (χ3v) is 23.1. The van der Waals surface area contributed by atoms with Crippen LogP contribution in [0.15, 0.2) is 271 Å². The molecule has 12 saturated heterocycles. The third-order valence-electron chi connectivity index (χ3n) is 23.1. The average Bonchev–Trinajstić information content (AvgIpc) is 1.61. The molecular formula is C96H108N28O8Y4-8. The summed E-state index contributed by atoms with van der Waals surface area (Å²) in [5.41, 5.74) is -2.35. The zero-order valence-corrected chi connectivity index (χ0v) is 86.6. The molecule has 8 amide bonds. The van der Waals surface area contributed by atoms with E-state index >= 15 is 0 Å². The summed E-state index contributed by atoms with van der Waals surface area (Å²) in [7, 11) is 0. The Labute approximate surface area is 905 Å². The van der Waals surface area contributed by atoms with Crippen LogP contribution < -0.4 is 103 Å². The quantitative estimate of drug-likeness (QED) is 0.0465. The average molecular weight is 2150 g/mol. The Morgan fingerprint density at radius 1 is 0.316 bits per heavy atom. The molecule has 12 aliphatic rings. The molecule has 0 saturated carbocycles. The fourth-order valence-corrected chi connectivity index (χ4v) is 16.5. The molecule has 40 heteroatoms. The predicted octanol–water partition coefficient (Wildman–Crippen LogP) is 4.59. The van der Waals surface area contributed by atoms with E-state index in [9.17, 15) is 38.4 Å². The monoisotopic (exact) mass is 2150 g/mol. The van der Waals surface area contributed by atoms with Crippen molar-refractivity contribution in [1.82, 2.24) is 104 Å². The molecule has 136 heavy (non-hydrogen) atoms. The van der Waals surface area contributed by atoms with Gasteiger partial charge in [0.2, 0.25) is 0 Å². The van der Waals surface area contributed by atoms with Gasteiger partial charge in [0, 0.05) is 207 Å². The van der Waals surface area contributed by atoms with Crippen molar-refractivity contribution < 1.29 is 180 Å². The van der Waals surface area contributed by atoms with Crippen LogP contribution in [0.3, 0.4) is 0 Å². The zero-order valence-electron chi connectivity index (χ0n) is 83.2. The normalized spacial score (nSPS) is 21.6. The zero-order chi connectivity index (χ0) is 100. The van der Waals surface area contributed by atoms with Gasteiger partial charge in [-0.25, -0.2) is 39.9 Å². The van der Waals surface area contributed by atoms with Gasteiger partial charge >= 0.3 is 0 Å². The number of nitrogens with zero attached hydrogens (tertiary/aromatic N) is 16. The Morgan fingerprint density at radius 3 is 0.860 bits per heavy atom. The maximum absolute atomic E-state index is 11.9. The topological polar surface area (TPSA) is 410 Å². The van der Waals surface area contributed by atoms with E-state index in [1.54, 1.807) is 116 Å². The van der Waals surface area contributed by atoms with Crippen molar-refractivity contribution in [3.8, 4) is 0 Å². The number of rotatable bonds is 16. The fraction of sp³-hybridized carbons (Fsp3) is 0.292. The molecule has 0 aliphatic carbocycles. The predicted molar refractivity (Wildman–Crippen MR) is 502 cm³/mol. The number of aromatic nitrogens is 8. The van der Waals surface area contributed by atoms with Crippen LogP contribution in [0.1, 0.15) is 62.3 Å². The van der Waals surface area contributed by atoms with E-state index in [1.165, 1.54) is 12.4 Å². The van der Waals surface area contributed by atoms with Gasteiger partial charge in [0.1, 0.15) is 68.7 Å². The molecule has 36 nitrogen and oxygen atoms in total. The summed E-state index contributed by atoms with van der Waals surface area (Å²) in [5, 5.41) is 33.1. The van der Waals surface area contributed by atoms with Gasteiger partial charge in [-0.15, -0.1) is 0 Å². The minimum absolute atomic E-state index is 0. The van der Waals surface area contributed by atoms with Gasteiger partial charge in [-0.3, -0.25) is 19.2 Å². The molecular weight excluding hydrogens is 2030 g/mol. The van der Waals surface area contributed by atoms with E-state index in [0.717, 1.165) is 111 Å². The first-order valence-electron chi connectivity index (χ1n) is 46.4. The van der Waals surface area contributed by atoms with Gasteiger partial charge in [-0.05, 0) is 149 Å². The molecule has 12 fully saturated rings. The molecule has 4 spiro atoms. The Kier molecular flexibility index (Phi) is 36.8. The molecule has 4 atom stereocenters. The summed E-state index contributed by atoms with van der Waals surface area (Å²) < 4.78 is 60.5. The first kappa shape index (κ1) is 96.1. The third kappa shape index (κ3) is 28.3. The van der Waals surface area contributed by atoms with Crippen LogP contribution in [-0.2, 0) is 169 Å². The van der Waals surface area contributed by atoms with Crippen LogP contribution in [0.4, 0.5) is 46.5 Å². The summed E-state index contributed by atoms with van der Waals surface area (Å²) in [6.07, 6.45) is 25.2. The standard InChI is InChI=1S/4C12H14N4O.4C12H13N3O.4Y/c4*1-9-14-11(17)12(15-9)5-7-16(8-12)10-4-2-3-6-13-10;4*1-2-13-12(16)10-6-8-15(9-10)11-5-3-4-7-14-11;;;;/h4*2-4,6,15H,1,5,7-8H2,(H,14,17);4*3-5,7H,1,6,8-9H2,(H,13,16);;;;/q;;;;4*-2;;;;/i6T;4T;3T;2T;7T;5T;4T;3T;;;;. The number of nitrogens with one attached hydrogen (secondary N) is 12.